The summed E-state index contributed by atoms with van der Waals surface area (Å²) in [7, 11) is 0. The lowest BCUT2D eigenvalue weighted by atomic mass is 9.91. The number of hydrogen-bond donors (Lipinski definition) is 2. The van der Waals surface area contributed by atoms with Gasteiger partial charge in [-0.1, -0.05) is 11.6 Å². The summed E-state index contributed by atoms with van der Waals surface area (Å²) in [4.78, 5) is 0. The van der Waals surface area contributed by atoms with Crippen molar-refractivity contribution in [3.63, 3.8) is 0 Å². The number of anilines is 1. The molecule has 0 atom stereocenters. The third-order valence-electron chi connectivity index (χ3n) is 3.42. The Labute approximate surface area is 115 Å². The van der Waals surface area contributed by atoms with E-state index in [2.05, 4.69) is 5.32 Å². The summed E-state index contributed by atoms with van der Waals surface area (Å²) < 4.78 is 38.8. The molecule has 106 valence electrons. The van der Waals surface area contributed by atoms with Gasteiger partial charge < -0.3 is 11.1 Å². The van der Waals surface area contributed by atoms with E-state index in [4.69, 9.17) is 17.3 Å². The van der Waals surface area contributed by atoms with Gasteiger partial charge in [-0.05, 0) is 43.9 Å². The van der Waals surface area contributed by atoms with E-state index in [1.165, 1.54) is 12.1 Å². The number of benzene rings is 1. The number of rotatable bonds is 2. The molecule has 2 rings (SSSR count). The van der Waals surface area contributed by atoms with E-state index >= 15 is 0 Å². The minimum Gasteiger partial charge on any atom is -0.382 e. The molecule has 6 heteroatoms. The first-order valence-electron chi connectivity index (χ1n) is 6.25. The minimum atomic E-state index is -4.40. The Balaban J connectivity index is 2.16. The molecule has 0 heterocycles. The second kappa shape index (κ2) is 5.59. The average molecular weight is 293 g/mol. The lowest BCUT2D eigenvalue weighted by Gasteiger charge is -2.28. The van der Waals surface area contributed by atoms with Gasteiger partial charge in [-0.25, -0.2) is 0 Å². The van der Waals surface area contributed by atoms with Crippen LogP contribution in [0.1, 0.15) is 31.2 Å². The van der Waals surface area contributed by atoms with E-state index in [1.54, 1.807) is 0 Å². The van der Waals surface area contributed by atoms with Crippen LogP contribution in [0.5, 0.6) is 0 Å². The molecule has 0 amide bonds. The number of halogens is 4. The topological polar surface area (TPSA) is 38.0 Å². The Morgan fingerprint density at radius 2 is 1.79 bits per heavy atom. The number of nitrogens with two attached hydrogens (primary N) is 1. The van der Waals surface area contributed by atoms with E-state index in [1.807, 2.05) is 0 Å². The Morgan fingerprint density at radius 1 is 1.16 bits per heavy atom. The van der Waals surface area contributed by atoms with Gasteiger partial charge in [0.05, 0.1) is 5.56 Å². The van der Waals surface area contributed by atoms with Crippen LogP contribution in [0.15, 0.2) is 18.2 Å². The maximum absolute atomic E-state index is 12.9. The van der Waals surface area contributed by atoms with E-state index in [9.17, 15) is 13.2 Å². The summed E-state index contributed by atoms with van der Waals surface area (Å²) in [6, 6.07) is 4.03. The monoisotopic (exact) mass is 292 g/mol. The molecule has 0 spiro atoms. The summed E-state index contributed by atoms with van der Waals surface area (Å²) >= 11 is 5.64. The molecule has 1 aromatic carbocycles. The standard InChI is InChI=1S/C13H16ClF3N2/c14-8-1-6-12(11(7-8)13(15,16)17)19-10-4-2-9(18)3-5-10/h1,6-7,9-10,19H,2-5,18H2. The fourth-order valence-corrected chi connectivity index (χ4v) is 2.53. The lowest BCUT2D eigenvalue weighted by molar-refractivity contribution is -0.137. The molecule has 2 nitrogen and oxygen atoms in total. The van der Waals surface area contributed by atoms with Crippen molar-refractivity contribution in [2.24, 2.45) is 5.73 Å². The van der Waals surface area contributed by atoms with Gasteiger partial charge in [0.25, 0.3) is 0 Å². The van der Waals surface area contributed by atoms with Crippen molar-refractivity contribution in [3.05, 3.63) is 28.8 Å². The largest absolute Gasteiger partial charge is 0.418 e. The highest BCUT2D eigenvalue weighted by Gasteiger charge is 2.34. The highest BCUT2D eigenvalue weighted by Crippen LogP contribution is 2.37. The zero-order chi connectivity index (χ0) is 14.0. The highest BCUT2D eigenvalue weighted by atomic mass is 35.5. The molecule has 3 N–H and O–H groups in total. The van der Waals surface area contributed by atoms with Gasteiger partial charge in [0.2, 0.25) is 0 Å². The zero-order valence-electron chi connectivity index (χ0n) is 10.3. The first-order valence-corrected chi connectivity index (χ1v) is 6.63. The molecule has 1 aliphatic rings. The van der Waals surface area contributed by atoms with E-state index in [0.29, 0.717) is 0 Å². The van der Waals surface area contributed by atoms with Gasteiger partial charge in [-0.3, -0.25) is 0 Å². The van der Waals surface area contributed by atoms with Crippen LogP contribution in [-0.4, -0.2) is 12.1 Å². The van der Waals surface area contributed by atoms with E-state index in [-0.39, 0.29) is 22.8 Å². The predicted molar refractivity (Wildman–Crippen MR) is 70.3 cm³/mol. The summed E-state index contributed by atoms with van der Waals surface area (Å²) in [5, 5.41) is 3.06. The third kappa shape index (κ3) is 3.76. The molecular formula is C13H16ClF3N2. The molecule has 1 saturated carbocycles. The normalized spacial score (nSPS) is 24.3. The molecule has 1 aliphatic carbocycles. The molecule has 1 fully saturated rings. The van der Waals surface area contributed by atoms with Crippen molar-refractivity contribution in [2.75, 3.05) is 5.32 Å². The van der Waals surface area contributed by atoms with Crippen molar-refractivity contribution < 1.29 is 13.2 Å². The van der Waals surface area contributed by atoms with Crippen LogP contribution in [0.25, 0.3) is 0 Å². The van der Waals surface area contributed by atoms with Gasteiger partial charge in [-0.15, -0.1) is 0 Å². The number of hydrogen-bond acceptors (Lipinski definition) is 2. The molecule has 0 unspecified atom stereocenters. The van der Waals surface area contributed by atoms with Crippen LogP contribution in [0, 0.1) is 0 Å². The first kappa shape index (κ1) is 14.5. The zero-order valence-corrected chi connectivity index (χ0v) is 11.1. The molecule has 0 aromatic heterocycles. The van der Waals surface area contributed by atoms with Crippen molar-refractivity contribution in [3.8, 4) is 0 Å². The first-order chi connectivity index (χ1) is 8.86. The van der Waals surface area contributed by atoms with Crippen LogP contribution in [0.2, 0.25) is 5.02 Å². The molecule has 0 aliphatic heterocycles. The Bertz CT molecular complexity index is 440. The van der Waals surface area contributed by atoms with Gasteiger partial charge in [0, 0.05) is 22.8 Å². The second-order valence-corrected chi connectivity index (χ2v) is 5.38. The molecule has 0 saturated heterocycles. The van der Waals surface area contributed by atoms with Gasteiger partial charge in [0.15, 0.2) is 0 Å². The quantitative estimate of drug-likeness (QED) is 0.863. The Hall–Kier alpha value is -0.940. The van der Waals surface area contributed by atoms with Crippen LogP contribution in [0.4, 0.5) is 18.9 Å². The summed E-state index contributed by atoms with van der Waals surface area (Å²) in [6.45, 7) is 0. The van der Waals surface area contributed by atoms with Gasteiger partial charge in [0.1, 0.15) is 0 Å². The maximum atomic E-state index is 12.9. The Morgan fingerprint density at radius 3 is 2.37 bits per heavy atom. The Kier molecular flexibility index (Phi) is 4.26. The van der Waals surface area contributed by atoms with Crippen molar-refractivity contribution in [2.45, 2.75) is 43.9 Å². The smallest absolute Gasteiger partial charge is 0.382 e. The summed E-state index contributed by atoms with van der Waals surface area (Å²) in [5.74, 6) is 0. The molecular weight excluding hydrogens is 277 g/mol. The van der Waals surface area contributed by atoms with E-state index < -0.39 is 11.7 Å². The fraction of sp³-hybridized carbons (Fsp3) is 0.538. The second-order valence-electron chi connectivity index (χ2n) is 4.94. The van der Waals surface area contributed by atoms with Crippen LogP contribution < -0.4 is 11.1 Å². The lowest BCUT2D eigenvalue weighted by Crippen LogP contribution is -2.33. The SMILES string of the molecule is NC1CCC(Nc2ccc(Cl)cc2C(F)(F)F)CC1. The molecule has 0 radical (unpaired) electrons. The van der Waals surface area contributed by atoms with Gasteiger partial charge in [-0.2, -0.15) is 13.2 Å². The minimum absolute atomic E-state index is 0.0436. The maximum Gasteiger partial charge on any atom is 0.418 e. The van der Waals surface area contributed by atoms with Crippen LogP contribution >= 0.6 is 11.6 Å². The third-order valence-corrected chi connectivity index (χ3v) is 3.65. The van der Waals surface area contributed by atoms with Crippen molar-refractivity contribution in [1.82, 2.24) is 0 Å². The number of alkyl halides is 3. The van der Waals surface area contributed by atoms with E-state index in [0.717, 1.165) is 31.7 Å². The predicted octanol–water partition coefficient (Wildman–Crippen LogP) is 4.04. The number of nitrogens with one attached hydrogen (secondary N) is 1. The average Bonchev–Trinajstić information content (AvgIpc) is 2.33. The molecule has 1 aromatic rings. The fourth-order valence-electron chi connectivity index (χ4n) is 2.36. The highest BCUT2D eigenvalue weighted by molar-refractivity contribution is 6.30. The van der Waals surface area contributed by atoms with Crippen LogP contribution in [-0.2, 0) is 6.18 Å². The van der Waals surface area contributed by atoms with Crippen LogP contribution in [0.3, 0.4) is 0 Å². The summed E-state index contributed by atoms with van der Waals surface area (Å²) in [5.41, 5.74) is 5.17. The summed E-state index contributed by atoms with van der Waals surface area (Å²) in [6.07, 6.45) is -1.14. The molecule has 19 heavy (non-hydrogen) atoms. The van der Waals surface area contributed by atoms with Crippen molar-refractivity contribution in [1.29, 1.82) is 0 Å². The van der Waals surface area contributed by atoms with Crippen molar-refractivity contribution >= 4 is 17.3 Å². The van der Waals surface area contributed by atoms with Gasteiger partial charge >= 0.3 is 6.18 Å². The molecule has 0 bridgehead atoms.